The van der Waals surface area contributed by atoms with Crippen molar-refractivity contribution in [3.05, 3.63) is 29.8 Å². The minimum Gasteiger partial charge on any atom is -0.354 e. The van der Waals surface area contributed by atoms with Crippen LogP contribution in [0.25, 0.3) is 0 Å². The van der Waals surface area contributed by atoms with Crippen LogP contribution in [0.15, 0.2) is 29.3 Å². The molecule has 110 valence electrons. The maximum Gasteiger partial charge on any atom is 0.198 e. The van der Waals surface area contributed by atoms with Crippen molar-refractivity contribution in [2.24, 2.45) is 4.99 Å². The number of likely N-dealkylation sites (N-methyl/N-ethyl adjacent to an activating group) is 1. The second kappa shape index (κ2) is 5.83. The Morgan fingerprint density at radius 2 is 2.05 bits per heavy atom. The monoisotopic (exact) mass is 274 g/mol. The first kappa shape index (κ1) is 14.9. The first-order chi connectivity index (χ1) is 9.45. The fraction of sp³-hybridized carbons (Fsp3) is 0.562. The average Bonchev–Trinajstić information content (AvgIpc) is 2.83. The zero-order valence-corrected chi connectivity index (χ0v) is 13.3. The van der Waals surface area contributed by atoms with Gasteiger partial charge >= 0.3 is 0 Å². The second-order valence-electron chi connectivity index (χ2n) is 6.14. The summed E-state index contributed by atoms with van der Waals surface area (Å²) in [6.07, 6.45) is 1.09. The van der Waals surface area contributed by atoms with Gasteiger partial charge in [-0.3, -0.25) is 4.99 Å². The van der Waals surface area contributed by atoms with Gasteiger partial charge in [-0.15, -0.1) is 0 Å². The van der Waals surface area contributed by atoms with E-state index in [9.17, 15) is 0 Å². The van der Waals surface area contributed by atoms with E-state index >= 15 is 0 Å². The number of rotatable bonds is 3. The normalized spacial score (nSPS) is 15.7. The zero-order chi connectivity index (χ0) is 14.8. The van der Waals surface area contributed by atoms with E-state index < -0.39 is 0 Å². The number of fused-ring (bicyclic) bond motifs is 1. The van der Waals surface area contributed by atoms with Crippen molar-refractivity contribution in [3.63, 3.8) is 0 Å². The molecule has 1 aromatic carbocycles. The van der Waals surface area contributed by atoms with Crippen molar-refractivity contribution in [1.82, 2.24) is 10.2 Å². The van der Waals surface area contributed by atoms with Crippen molar-refractivity contribution in [2.45, 2.75) is 25.8 Å². The fourth-order valence-corrected chi connectivity index (χ4v) is 2.31. The Balaban J connectivity index is 2.08. The van der Waals surface area contributed by atoms with Gasteiger partial charge in [0.05, 0.1) is 0 Å². The Labute approximate surface area is 122 Å². The van der Waals surface area contributed by atoms with Gasteiger partial charge in [-0.25, -0.2) is 0 Å². The molecule has 0 unspecified atom stereocenters. The van der Waals surface area contributed by atoms with E-state index in [2.05, 4.69) is 72.3 Å². The highest BCUT2D eigenvalue weighted by atomic mass is 15.3. The summed E-state index contributed by atoms with van der Waals surface area (Å²) in [4.78, 5) is 8.95. The molecule has 1 aliphatic heterocycles. The van der Waals surface area contributed by atoms with Crippen LogP contribution in [-0.2, 0) is 6.42 Å². The number of nitrogens with zero attached hydrogens (tertiary/aromatic N) is 3. The van der Waals surface area contributed by atoms with Crippen LogP contribution in [0.3, 0.4) is 0 Å². The standard InChI is InChI=1S/C16H26N4/c1-16(2,19(4)5)12-18-15(17-3)20-11-10-13-8-6-7-9-14(13)20/h6-9H,10-12H2,1-5H3,(H,17,18). The first-order valence-electron chi connectivity index (χ1n) is 7.19. The number of guanidine groups is 1. The summed E-state index contributed by atoms with van der Waals surface area (Å²) < 4.78 is 0. The van der Waals surface area contributed by atoms with Crippen LogP contribution in [0.4, 0.5) is 5.69 Å². The molecule has 1 aliphatic rings. The Bertz CT molecular complexity index is 491. The van der Waals surface area contributed by atoms with Crippen LogP contribution in [0.1, 0.15) is 19.4 Å². The Morgan fingerprint density at radius 3 is 2.70 bits per heavy atom. The van der Waals surface area contributed by atoms with Gasteiger partial charge in [-0.1, -0.05) is 18.2 Å². The summed E-state index contributed by atoms with van der Waals surface area (Å²) in [7, 11) is 6.07. The molecule has 2 rings (SSSR count). The maximum atomic E-state index is 4.44. The SMILES string of the molecule is CN=C(NCC(C)(C)N(C)C)N1CCc2ccccc21. The highest BCUT2D eigenvalue weighted by Gasteiger charge is 2.25. The third kappa shape index (κ3) is 2.96. The van der Waals surface area contributed by atoms with Gasteiger partial charge < -0.3 is 15.1 Å². The summed E-state index contributed by atoms with van der Waals surface area (Å²) in [6.45, 7) is 6.32. The molecule has 4 heteroatoms. The van der Waals surface area contributed by atoms with Gasteiger partial charge in [0.25, 0.3) is 0 Å². The summed E-state index contributed by atoms with van der Waals surface area (Å²) in [5.41, 5.74) is 2.78. The molecular formula is C16H26N4. The number of benzene rings is 1. The molecule has 0 spiro atoms. The molecule has 1 heterocycles. The Morgan fingerprint density at radius 1 is 1.35 bits per heavy atom. The first-order valence-corrected chi connectivity index (χ1v) is 7.19. The van der Waals surface area contributed by atoms with E-state index in [0.29, 0.717) is 0 Å². The van der Waals surface area contributed by atoms with E-state index in [1.54, 1.807) is 0 Å². The fourth-order valence-electron chi connectivity index (χ4n) is 2.31. The number of aliphatic imine (C=N–C) groups is 1. The molecule has 0 aliphatic carbocycles. The number of para-hydroxylation sites is 1. The molecule has 0 amide bonds. The summed E-state index contributed by atoms with van der Waals surface area (Å²) >= 11 is 0. The minimum atomic E-state index is 0.0924. The van der Waals surface area contributed by atoms with Gasteiger partial charge in [-0.2, -0.15) is 0 Å². The lowest BCUT2D eigenvalue weighted by Crippen LogP contribution is -2.51. The van der Waals surface area contributed by atoms with Crippen LogP contribution >= 0.6 is 0 Å². The van der Waals surface area contributed by atoms with Crippen molar-refractivity contribution in [2.75, 3.05) is 39.1 Å². The number of hydrogen-bond donors (Lipinski definition) is 1. The molecule has 0 bridgehead atoms. The van der Waals surface area contributed by atoms with E-state index in [-0.39, 0.29) is 5.54 Å². The van der Waals surface area contributed by atoms with Crippen LogP contribution in [-0.4, -0.2) is 50.6 Å². The van der Waals surface area contributed by atoms with Crippen LogP contribution in [0.2, 0.25) is 0 Å². The van der Waals surface area contributed by atoms with Crippen LogP contribution in [0, 0.1) is 0 Å². The van der Waals surface area contributed by atoms with Crippen LogP contribution < -0.4 is 10.2 Å². The van der Waals surface area contributed by atoms with E-state index in [1.807, 2.05) is 7.05 Å². The van der Waals surface area contributed by atoms with E-state index in [4.69, 9.17) is 0 Å². The number of anilines is 1. The molecule has 0 saturated carbocycles. The predicted molar refractivity (Wildman–Crippen MR) is 86.6 cm³/mol. The van der Waals surface area contributed by atoms with Crippen molar-refractivity contribution < 1.29 is 0 Å². The largest absolute Gasteiger partial charge is 0.354 e. The average molecular weight is 274 g/mol. The molecule has 1 aromatic rings. The van der Waals surface area contributed by atoms with Crippen molar-refractivity contribution >= 4 is 11.6 Å². The summed E-state index contributed by atoms with van der Waals surface area (Å²) in [6, 6.07) is 8.57. The second-order valence-corrected chi connectivity index (χ2v) is 6.14. The Hall–Kier alpha value is -1.55. The van der Waals surface area contributed by atoms with Gasteiger partial charge in [0.1, 0.15) is 0 Å². The molecule has 0 fully saturated rings. The topological polar surface area (TPSA) is 30.9 Å². The van der Waals surface area contributed by atoms with Gasteiger partial charge in [0, 0.05) is 31.4 Å². The molecule has 1 N–H and O–H groups in total. The molecule has 20 heavy (non-hydrogen) atoms. The third-order valence-electron chi connectivity index (χ3n) is 4.24. The molecule has 4 nitrogen and oxygen atoms in total. The molecular weight excluding hydrogens is 248 g/mol. The van der Waals surface area contributed by atoms with E-state index in [0.717, 1.165) is 25.5 Å². The highest BCUT2D eigenvalue weighted by molar-refractivity contribution is 5.97. The predicted octanol–water partition coefficient (Wildman–Crippen LogP) is 1.96. The summed E-state index contributed by atoms with van der Waals surface area (Å²) in [5, 5.41) is 3.51. The quantitative estimate of drug-likeness (QED) is 0.675. The van der Waals surface area contributed by atoms with Gasteiger partial charge in [0.15, 0.2) is 5.96 Å². The number of nitrogens with one attached hydrogen (secondary N) is 1. The minimum absolute atomic E-state index is 0.0924. The lowest BCUT2D eigenvalue weighted by molar-refractivity contribution is 0.197. The molecule has 0 radical (unpaired) electrons. The smallest absolute Gasteiger partial charge is 0.198 e. The van der Waals surface area contributed by atoms with Gasteiger partial charge in [0.2, 0.25) is 0 Å². The lowest BCUT2D eigenvalue weighted by Gasteiger charge is -2.34. The van der Waals surface area contributed by atoms with Crippen molar-refractivity contribution in [3.8, 4) is 0 Å². The van der Waals surface area contributed by atoms with Gasteiger partial charge in [-0.05, 0) is 46.0 Å². The maximum absolute atomic E-state index is 4.44. The van der Waals surface area contributed by atoms with Crippen molar-refractivity contribution in [1.29, 1.82) is 0 Å². The highest BCUT2D eigenvalue weighted by Crippen LogP contribution is 2.27. The summed E-state index contributed by atoms with van der Waals surface area (Å²) in [5.74, 6) is 0.963. The third-order valence-corrected chi connectivity index (χ3v) is 4.24. The Kier molecular flexibility index (Phi) is 4.33. The van der Waals surface area contributed by atoms with Crippen LogP contribution in [0.5, 0.6) is 0 Å². The molecule has 0 atom stereocenters. The lowest BCUT2D eigenvalue weighted by atomic mass is 10.0. The number of hydrogen-bond acceptors (Lipinski definition) is 2. The molecule has 0 saturated heterocycles. The van der Waals surface area contributed by atoms with E-state index in [1.165, 1.54) is 11.3 Å². The zero-order valence-electron chi connectivity index (χ0n) is 13.3. The molecule has 0 aromatic heterocycles.